The van der Waals surface area contributed by atoms with Crippen molar-refractivity contribution in [3.05, 3.63) is 74.8 Å². The lowest BCUT2D eigenvalue weighted by atomic mass is 9.78. The monoisotopic (exact) mass is 521 g/mol. The topological polar surface area (TPSA) is 135 Å². The predicted octanol–water partition coefficient (Wildman–Crippen LogP) is 3.51. The van der Waals surface area contributed by atoms with Gasteiger partial charge in [0.1, 0.15) is 5.92 Å². The van der Waals surface area contributed by atoms with Crippen LogP contribution in [0.2, 0.25) is 0 Å². The first-order valence-electron chi connectivity index (χ1n) is 11.3. The molecule has 0 aromatic heterocycles. The van der Waals surface area contributed by atoms with Crippen molar-refractivity contribution in [2.75, 3.05) is 25.3 Å². The van der Waals surface area contributed by atoms with Gasteiger partial charge < -0.3 is 20.1 Å². The Morgan fingerprint density at radius 3 is 2.22 bits per heavy atom. The Balaban J connectivity index is 1.92. The smallest absolute Gasteiger partial charge is 0.337 e. The minimum atomic E-state index is -1.32. The van der Waals surface area contributed by atoms with E-state index in [-0.39, 0.29) is 27.8 Å². The van der Waals surface area contributed by atoms with Gasteiger partial charge in [-0.3, -0.25) is 14.4 Å². The molecule has 2 atom stereocenters. The number of nitriles is 1. The van der Waals surface area contributed by atoms with Crippen LogP contribution >= 0.6 is 11.8 Å². The molecule has 0 saturated heterocycles. The Morgan fingerprint density at radius 1 is 1.05 bits per heavy atom. The third-order valence-corrected chi connectivity index (χ3v) is 6.98. The summed E-state index contributed by atoms with van der Waals surface area (Å²) >= 11 is 0.994. The summed E-state index contributed by atoms with van der Waals surface area (Å²) in [6.45, 7) is 5.79. The van der Waals surface area contributed by atoms with Crippen LogP contribution in [0.1, 0.15) is 38.5 Å². The summed E-state index contributed by atoms with van der Waals surface area (Å²) in [5, 5.41) is 15.7. The van der Waals surface area contributed by atoms with Gasteiger partial charge in [-0.2, -0.15) is 5.26 Å². The standard InChI is InChI=1S/C27H27N3O6S/c1-14-10-15(2)23(16(3)11-14)29-20(31)13-37-25-19(12-28)21(22(24(32)30-25)27(34)36-5)17-6-8-18(9-7-17)26(33)35-4/h6-11,21-22H,13H2,1-5H3,(H,29,31)(H,30,32)/t21-,22-/m1/s1. The normalized spacial score (nSPS) is 16.9. The van der Waals surface area contributed by atoms with Crippen LogP contribution in [0.25, 0.3) is 0 Å². The molecular formula is C27H27N3O6S. The third kappa shape index (κ3) is 6.01. The highest BCUT2D eigenvalue weighted by Gasteiger charge is 2.44. The van der Waals surface area contributed by atoms with Crippen molar-refractivity contribution in [1.29, 1.82) is 5.26 Å². The van der Waals surface area contributed by atoms with E-state index in [2.05, 4.69) is 16.7 Å². The first-order chi connectivity index (χ1) is 17.6. The number of allylic oxidation sites excluding steroid dienone is 1. The maximum atomic E-state index is 13.0. The van der Waals surface area contributed by atoms with Crippen molar-refractivity contribution in [1.82, 2.24) is 5.32 Å². The van der Waals surface area contributed by atoms with E-state index < -0.39 is 29.7 Å². The molecule has 10 heteroatoms. The number of rotatable bonds is 7. The van der Waals surface area contributed by atoms with Crippen molar-refractivity contribution in [3.8, 4) is 6.07 Å². The zero-order valence-corrected chi connectivity index (χ0v) is 21.9. The van der Waals surface area contributed by atoms with Crippen molar-refractivity contribution < 1.29 is 28.7 Å². The number of carbonyl (C=O) groups is 4. The summed E-state index contributed by atoms with van der Waals surface area (Å²) in [6.07, 6.45) is 0. The molecule has 0 unspecified atom stereocenters. The van der Waals surface area contributed by atoms with Gasteiger partial charge in [0.2, 0.25) is 11.8 Å². The molecule has 2 amide bonds. The van der Waals surface area contributed by atoms with E-state index in [0.29, 0.717) is 11.3 Å². The molecule has 2 N–H and O–H groups in total. The van der Waals surface area contributed by atoms with E-state index in [1.54, 1.807) is 12.1 Å². The minimum Gasteiger partial charge on any atom is -0.468 e. The quantitative estimate of drug-likeness (QED) is 0.418. The average Bonchev–Trinajstić information content (AvgIpc) is 2.88. The summed E-state index contributed by atoms with van der Waals surface area (Å²) in [6, 6.07) is 12.1. The molecule has 2 aromatic carbocycles. The summed E-state index contributed by atoms with van der Waals surface area (Å²) in [7, 11) is 2.42. The van der Waals surface area contributed by atoms with Crippen LogP contribution in [0.3, 0.4) is 0 Å². The Morgan fingerprint density at radius 2 is 1.68 bits per heavy atom. The molecular weight excluding hydrogens is 494 g/mol. The molecule has 0 aliphatic carbocycles. The number of aryl methyl sites for hydroxylation is 3. The highest BCUT2D eigenvalue weighted by atomic mass is 32.2. The Labute approximate surface area is 219 Å². The first-order valence-corrected chi connectivity index (χ1v) is 12.3. The van der Waals surface area contributed by atoms with Gasteiger partial charge in [-0.05, 0) is 49.6 Å². The Bertz CT molecular complexity index is 1300. The van der Waals surface area contributed by atoms with Gasteiger partial charge in [0.05, 0.1) is 42.2 Å². The van der Waals surface area contributed by atoms with Gasteiger partial charge in [-0.15, -0.1) is 0 Å². The number of nitrogens with zero attached hydrogens (tertiary/aromatic N) is 1. The molecule has 0 bridgehead atoms. The molecule has 0 spiro atoms. The number of carbonyl (C=O) groups excluding carboxylic acids is 4. The van der Waals surface area contributed by atoms with Gasteiger partial charge in [0.25, 0.3) is 0 Å². The lowest BCUT2D eigenvalue weighted by Crippen LogP contribution is -2.44. The maximum absolute atomic E-state index is 13.0. The number of ether oxygens (including phenoxy) is 2. The van der Waals surface area contributed by atoms with E-state index in [4.69, 9.17) is 9.47 Å². The zero-order chi connectivity index (χ0) is 27.3. The van der Waals surface area contributed by atoms with E-state index in [9.17, 15) is 24.4 Å². The molecule has 0 fully saturated rings. The van der Waals surface area contributed by atoms with E-state index in [0.717, 1.165) is 35.6 Å². The van der Waals surface area contributed by atoms with Crippen molar-refractivity contribution in [3.63, 3.8) is 0 Å². The first kappa shape index (κ1) is 27.5. The fraction of sp³-hybridized carbons (Fsp3) is 0.296. The van der Waals surface area contributed by atoms with Crippen LogP contribution in [-0.4, -0.2) is 43.7 Å². The minimum absolute atomic E-state index is 0.0789. The van der Waals surface area contributed by atoms with Gasteiger partial charge in [0, 0.05) is 11.6 Å². The molecule has 0 saturated carbocycles. The van der Waals surface area contributed by atoms with Crippen LogP contribution in [0, 0.1) is 38.0 Å². The largest absolute Gasteiger partial charge is 0.468 e. The lowest BCUT2D eigenvalue weighted by molar-refractivity contribution is -0.150. The fourth-order valence-corrected chi connectivity index (χ4v) is 5.16. The average molecular weight is 522 g/mol. The fourth-order valence-electron chi connectivity index (χ4n) is 4.31. The number of amides is 2. The van der Waals surface area contributed by atoms with Crippen LogP contribution in [0.5, 0.6) is 0 Å². The number of nitrogens with one attached hydrogen (secondary N) is 2. The van der Waals surface area contributed by atoms with E-state index in [1.807, 2.05) is 32.9 Å². The van der Waals surface area contributed by atoms with Crippen molar-refractivity contribution in [2.45, 2.75) is 26.7 Å². The van der Waals surface area contributed by atoms with Gasteiger partial charge in [0.15, 0.2) is 0 Å². The molecule has 9 nitrogen and oxygen atoms in total. The number of benzene rings is 2. The number of esters is 2. The highest BCUT2D eigenvalue weighted by molar-refractivity contribution is 8.03. The molecule has 1 aliphatic rings. The number of hydrogen-bond acceptors (Lipinski definition) is 8. The van der Waals surface area contributed by atoms with Crippen LogP contribution in [0.4, 0.5) is 5.69 Å². The number of thioether (sulfide) groups is 1. The molecule has 1 heterocycles. The van der Waals surface area contributed by atoms with Crippen molar-refractivity contribution >= 4 is 41.2 Å². The Hall–Kier alpha value is -4.10. The maximum Gasteiger partial charge on any atom is 0.337 e. The Kier molecular flexibility index (Phi) is 8.73. The van der Waals surface area contributed by atoms with Crippen molar-refractivity contribution in [2.24, 2.45) is 5.92 Å². The van der Waals surface area contributed by atoms with Gasteiger partial charge in [-0.1, -0.05) is 41.6 Å². The van der Waals surface area contributed by atoms with Crippen LogP contribution in [0.15, 0.2) is 47.0 Å². The lowest BCUT2D eigenvalue weighted by Gasteiger charge is -2.31. The molecule has 1 aliphatic heterocycles. The molecule has 37 heavy (non-hydrogen) atoms. The number of anilines is 1. The number of methoxy groups -OCH3 is 2. The second-order valence-electron chi connectivity index (χ2n) is 8.55. The summed E-state index contributed by atoms with van der Waals surface area (Å²) in [4.78, 5) is 50.1. The summed E-state index contributed by atoms with van der Waals surface area (Å²) < 4.78 is 9.55. The second-order valence-corrected chi connectivity index (χ2v) is 9.53. The van der Waals surface area contributed by atoms with Crippen LogP contribution in [-0.2, 0) is 23.9 Å². The number of hydrogen-bond donors (Lipinski definition) is 2. The molecule has 2 aromatic rings. The summed E-state index contributed by atoms with van der Waals surface area (Å²) in [5.74, 6) is -4.68. The molecule has 0 radical (unpaired) electrons. The highest BCUT2D eigenvalue weighted by Crippen LogP contribution is 2.40. The second kappa shape index (κ2) is 11.8. The van der Waals surface area contributed by atoms with Crippen LogP contribution < -0.4 is 10.6 Å². The SMILES string of the molecule is COC(=O)c1ccc([C@@H]2C(C#N)=C(SCC(=O)Nc3c(C)cc(C)cc3C)NC(=O)[C@@H]2C(=O)OC)cc1. The van der Waals surface area contributed by atoms with Gasteiger partial charge in [-0.25, -0.2) is 4.79 Å². The summed E-state index contributed by atoms with van der Waals surface area (Å²) in [5.41, 5.74) is 4.50. The van der Waals surface area contributed by atoms with E-state index in [1.165, 1.54) is 19.2 Å². The van der Waals surface area contributed by atoms with E-state index >= 15 is 0 Å². The predicted molar refractivity (Wildman–Crippen MR) is 139 cm³/mol. The molecule has 192 valence electrons. The zero-order valence-electron chi connectivity index (χ0n) is 21.1. The molecule has 3 rings (SSSR count). The van der Waals surface area contributed by atoms with Gasteiger partial charge >= 0.3 is 11.9 Å². The third-order valence-electron chi connectivity index (χ3n) is 5.96.